The first-order valence-corrected chi connectivity index (χ1v) is 9.96. The standard InChI is InChI=1S/C20H19BrClN3O2/c1-11(2)26-18-7-4-13(8-16(18)22)19-23-20(24-27-19)25-10-12(3)15-9-14(21)5-6-17(15)25/h4-9,11-12H,10H2,1-3H3. The van der Waals surface area contributed by atoms with Crippen molar-refractivity contribution in [3.05, 3.63) is 51.5 Å². The third-order valence-corrected chi connectivity index (χ3v) is 5.25. The molecule has 0 saturated carbocycles. The molecule has 0 amide bonds. The summed E-state index contributed by atoms with van der Waals surface area (Å²) in [6, 6.07) is 11.7. The highest BCUT2D eigenvalue weighted by molar-refractivity contribution is 9.10. The molecular weight excluding hydrogens is 430 g/mol. The topological polar surface area (TPSA) is 51.4 Å². The lowest BCUT2D eigenvalue weighted by Crippen LogP contribution is -2.15. The molecule has 0 N–H and O–H groups in total. The van der Waals surface area contributed by atoms with E-state index in [1.54, 1.807) is 6.07 Å². The average Bonchev–Trinajstić information content (AvgIpc) is 3.22. The molecule has 3 aromatic rings. The van der Waals surface area contributed by atoms with Crippen molar-refractivity contribution >= 4 is 39.2 Å². The summed E-state index contributed by atoms with van der Waals surface area (Å²) < 4.78 is 12.2. The predicted molar refractivity (Wildman–Crippen MR) is 110 cm³/mol. The molecule has 1 atom stereocenters. The number of ether oxygens (including phenoxy) is 1. The van der Waals surface area contributed by atoms with Crippen LogP contribution in [-0.4, -0.2) is 22.8 Å². The van der Waals surface area contributed by atoms with E-state index in [-0.39, 0.29) is 6.10 Å². The van der Waals surface area contributed by atoms with Crippen LogP contribution in [0.2, 0.25) is 5.02 Å². The SMILES string of the molecule is CC(C)Oc1ccc(-c2nc(N3CC(C)c4cc(Br)ccc43)no2)cc1Cl. The lowest BCUT2D eigenvalue weighted by atomic mass is 10.0. The number of anilines is 2. The van der Waals surface area contributed by atoms with Gasteiger partial charge in [-0.1, -0.05) is 34.5 Å². The predicted octanol–water partition coefficient (Wildman–Crippen LogP) is 6.19. The van der Waals surface area contributed by atoms with E-state index in [9.17, 15) is 0 Å². The summed E-state index contributed by atoms with van der Waals surface area (Å²) in [4.78, 5) is 6.67. The summed E-state index contributed by atoms with van der Waals surface area (Å²) in [5.74, 6) is 2.02. The Labute approximate surface area is 171 Å². The third kappa shape index (κ3) is 3.56. The quantitative estimate of drug-likeness (QED) is 0.476. The van der Waals surface area contributed by atoms with Crippen LogP contribution in [0.5, 0.6) is 5.75 Å². The van der Waals surface area contributed by atoms with Crippen LogP contribution in [-0.2, 0) is 0 Å². The van der Waals surface area contributed by atoms with Gasteiger partial charge in [0.2, 0.25) is 0 Å². The van der Waals surface area contributed by atoms with Gasteiger partial charge >= 0.3 is 0 Å². The van der Waals surface area contributed by atoms with Crippen molar-refractivity contribution in [2.24, 2.45) is 0 Å². The van der Waals surface area contributed by atoms with Crippen LogP contribution in [0.3, 0.4) is 0 Å². The van der Waals surface area contributed by atoms with Gasteiger partial charge in [-0.3, -0.25) is 0 Å². The number of rotatable bonds is 4. The van der Waals surface area contributed by atoms with Gasteiger partial charge in [0.05, 0.1) is 11.1 Å². The van der Waals surface area contributed by atoms with Crippen LogP contribution in [0.4, 0.5) is 11.6 Å². The highest BCUT2D eigenvalue weighted by Gasteiger charge is 2.29. The van der Waals surface area contributed by atoms with Crippen molar-refractivity contribution < 1.29 is 9.26 Å². The number of halogens is 2. The molecule has 0 radical (unpaired) electrons. The summed E-state index contributed by atoms with van der Waals surface area (Å²) in [6.07, 6.45) is 0.0561. The Morgan fingerprint density at radius 1 is 1.26 bits per heavy atom. The number of nitrogens with zero attached hydrogens (tertiary/aromatic N) is 3. The van der Waals surface area contributed by atoms with Crippen LogP contribution in [0.1, 0.15) is 32.3 Å². The lowest BCUT2D eigenvalue weighted by molar-refractivity contribution is 0.242. The van der Waals surface area contributed by atoms with Crippen molar-refractivity contribution in [2.75, 3.05) is 11.4 Å². The minimum absolute atomic E-state index is 0.0561. The minimum atomic E-state index is 0.0561. The highest BCUT2D eigenvalue weighted by Crippen LogP contribution is 2.41. The molecule has 7 heteroatoms. The minimum Gasteiger partial charge on any atom is -0.489 e. The lowest BCUT2D eigenvalue weighted by Gasteiger charge is -2.14. The summed E-state index contributed by atoms with van der Waals surface area (Å²) in [6.45, 7) is 6.93. The molecule has 1 aliphatic rings. The Kier molecular flexibility index (Phi) is 4.86. The Bertz CT molecular complexity index is 989. The Balaban J connectivity index is 1.63. The zero-order chi connectivity index (χ0) is 19.1. The monoisotopic (exact) mass is 447 g/mol. The fraction of sp³-hybridized carbons (Fsp3) is 0.300. The second kappa shape index (κ2) is 7.17. The van der Waals surface area contributed by atoms with Crippen molar-refractivity contribution in [3.63, 3.8) is 0 Å². The van der Waals surface area contributed by atoms with E-state index in [0.717, 1.165) is 22.3 Å². The van der Waals surface area contributed by atoms with Gasteiger partial charge in [0.15, 0.2) is 0 Å². The van der Waals surface area contributed by atoms with Gasteiger partial charge in [-0.25, -0.2) is 0 Å². The number of hydrogen-bond acceptors (Lipinski definition) is 5. The molecule has 2 aromatic carbocycles. The molecule has 1 unspecified atom stereocenters. The molecule has 0 saturated heterocycles. The number of hydrogen-bond donors (Lipinski definition) is 0. The molecule has 4 rings (SSSR count). The smallest absolute Gasteiger partial charge is 0.270 e. The normalized spacial score (nSPS) is 16.1. The van der Waals surface area contributed by atoms with Gasteiger partial charge in [-0.2, -0.15) is 4.98 Å². The maximum absolute atomic E-state index is 6.33. The number of aromatic nitrogens is 2. The third-order valence-electron chi connectivity index (χ3n) is 4.47. The van der Waals surface area contributed by atoms with E-state index >= 15 is 0 Å². The number of benzene rings is 2. The molecule has 27 heavy (non-hydrogen) atoms. The second-order valence-corrected chi connectivity index (χ2v) is 8.25. The van der Waals surface area contributed by atoms with Gasteiger partial charge in [0, 0.05) is 28.2 Å². The molecule has 0 fully saturated rings. The maximum Gasteiger partial charge on any atom is 0.270 e. The van der Waals surface area contributed by atoms with Gasteiger partial charge in [0.25, 0.3) is 11.8 Å². The van der Waals surface area contributed by atoms with E-state index in [4.69, 9.17) is 20.9 Å². The molecular formula is C20H19BrClN3O2. The van der Waals surface area contributed by atoms with Crippen molar-refractivity contribution in [1.29, 1.82) is 0 Å². The fourth-order valence-corrected chi connectivity index (χ4v) is 3.86. The molecule has 0 spiro atoms. The maximum atomic E-state index is 6.33. The fourth-order valence-electron chi connectivity index (χ4n) is 3.25. The van der Waals surface area contributed by atoms with E-state index in [1.807, 2.05) is 32.0 Å². The molecule has 0 aliphatic carbocycles. The highest BCUT2D eigenvalue weighted by atomic mass is 79.9. The van der Waals surface area contributed by atoms with Crippen molar-refractivity contribution in [2.45, 2.75) is 32.8 Å². The van der Waals surface area contributed by atoms with Crippen LogP contribution >= 0.6 is 27.5 Å². The van der Waals surface area contributed by atoms with Crippen LogP contribution < -0.4 is 9.64 Å². The van der Waals surface area contributed by atoms with Gasteiger partial charge in [-0.15, -0.1) is 0 Å². The van der Waals surface area contributed by atoms with Crippen LogP contribution in [0.15, 0.2) is 45.4 Å². The van der Waals surface area contributed by atoms with E-state index in [2.05, 4.69) is 50.0 Å². The van der Waals surface area contributed by atoms with Crippen molar-refractivity contribution in [1.82, 2.24) is 10.1 Å². The molecule has 1 aromatic heterocycles. The molecule has 140 valence electrons. The average molecular weight is 449 g/mol. The Morgan fingerprint density at radius 2 is 2.07 bits per heavy atom. The van der Waals surface area contributed by atoms with Gasteiger partial charge in [-0.05, 0) is 61.0 Å². The summed E-state index contributed by atoms with van der Waals surface area (Å²) in [5, 5.41) is 4.70. The Morgan fingerprint density at radius 3 is 2.81 bits per heavy atom. The zero-order valence-electron chi connectivity index (χ0n) is 15.2. The van der Waals surface area contributed by atoms with Gasteiger partial charge < -0.3 is 14.2 Å². The molecule has 2 heterocycles. The van der Waals surface area contributed by atoms with Crippen LogP contribution in [0.25, 0.3) is 11.5 Å². The first-order chi connectivity index (χ1) is 12.9. The second-order valence-electron chi connectivity index (χ2n) is 6.93. The summed E-state index contributed by atoms with van der Waals surface area (Å²) in [7, 11) is 0. The van der Waals surface area contributed by atoms with Gasteiger partial charge in [0.1, 0.15) is 5.75 Å². The summed E-state index contributed by atoms with van der Waals surface area (Å²) >= 11 is 9.87. The molecule has 5 nitrogen and oxygen atoms in total. The first kappa shape index (κ1) is 18.3. The zero-order valence-corrected chi connectivity index (χ0v) is 17.6. The van der Waals surface area contributed by atoms with Crippen LogP contribution in [0, 0.1) is 0 Å². The summed E-state index contributed by atoms with van der Waals surface area (Å²) in [5.41, 5.74) is 3.14. The largest absolute Gasteiger partial charge is 0.489 e. The van der Waals surface area contributed by atoms with E-state index in [1.165, 1.54) is 5.56 Å². The van der Waals surface area contributed by atoms with E-state index < -0.39 is 0 Å². The first-order valence-electron chi connectivity index (χ1n) is 8.79. The van der Waals surface area contributed by atoms with E-state index in [0.29, 0.717) is 28.5 Å². The number of fused-ring (bicyclic) bond motifs is 1. The molecule has 0 bridgehead atoms. The van der Waals surface area contributed by atoms with Crippen molar-refractivity contribution in [3.8, 4) is 17.2 Å². The molecule has 1 aliphatic heterocycles. The Hall–Kier alpha value is -2.05.